The van der Waals surface area contributed by atoms with Gasteiger partial charge in [0.1, 0.15) is 5.82 Å². The molecule has 1 aromatic heterocycles. The van der Waals surface area contributed by atoms with Crippen molar-refractivity contribution in [2.24, 2.45) is 5.92 Å². The summed E-state index contributed by atoms with van der Waals surface area (Å²) < 4.78 is 14.1. The maximum Gasteiger partial charge on any atom is 0.257 e. The van der Waals surface area contributed by atoms with Crippen molar-refractivity contribution in [2.75, 3.05) is 33.2 Å². The largest absolute Gasteiger partial charge is 0.338 e. The maximum absolute atomic E-state index is 14.1. The van der Waals surface area contributed by atoms with E-state index in [0.717, 1.165) is 26.1 Å². The lowest BCUT2D eigenvalue weighted by Crippen LogP contribution is -2.36. The summed E-state index contributed by atoms with van der Waals surface area (Å²) in [4.78, 5) is 17.1. The molecule has 1 amide bonds. The molecule has 2 heterocycles. The van der Waals surface area contributed by atoms with Crippen molar-refractivity contribution >= 4 is 5.91 Å². The third kappa shape index (κ3) is 3.33. The van der Waals surface area contributed by atoms with E-state index in [1.165, 1.54) is 12.3 Å². The van der Waals surface area contributed by atoms with Gasteiger partial charge >= 0.3 is 0 Å². The van der Waals surface area contributed by atoms with E-state index in [4.69, 9.17) is 0 Å². The van der Waals surface area contributed by atoms with E-state index in [0.29, 0.717) is 29.3 Å². The van der Waals surface area contributed by atoms with Gasteiger partial charge in [-0.05, 0) is 45.0 Å². The molecule has 0 spiro atoms. The van der Waals surface area contributed by atoms with Crippen LogP contribution in [-0.2, 0) is 0 Å². The zero-order valence-electron chi connectivity index (χ0n) is 14.1. The van der Waals surface area contributed by atoms with Crippen LogP contribution < -0.4 is 0 Å². The van der Waals surface area contributed by atoms with Crippen molar-refractivity contribution in [3.63, 3.8) is 0 Å². The molecule has 1 saturated heterocycles. The molecule has 0 radical (unpaired) electrons. The molecule has 1 atom stereocenters. The summed E-state index contributed by atoms with van der Waals surface area (Å²) in [6, 6.07) is 6.42. The monoisotopic (exact) mass is 330 g/mol. The average Bonchev–Trinajstić information content (AvgIpc) is 3.21. The minimum Gasteiger partial charge on any atom is -0.338 e. The predicted molar refractivity (Wildman–Crippen MR) is 91.2 cm³/mol. The van der Waals surface area contributed by atoms with Gasteiger partial charge in [0.05, 0.1) is 17.5 Å². The number of carbonyl (C=O) groups excluding carboxylic acids is 1. The first-order valence-corrected chi connectivity index (χ1v) is 8.36. The second kappa shape index (κ2) is 7.13. The first-order chi connectivity index (χ1) is 11.6. The smallest absolute Gasteiger partial charge is 0.257 e. The molecule has 5 nitrogen and oxygen atoms in total. The standard InChI is InChI=1S/C18H23FN4O/c1-3-23(12-13-8-9-22(2)11-13)18(24)15-10-20-21-17(15)14-6-4-5-7-16(14)19/h4-7,10,13H,3,8-9,11-12H2,1-2H3,(H,20,21)/t13-/m1/s1. The number of rotatable bonds is 5. The van der Waals surface area contributed by atoms with Gasteiger partial charge in [0, 0.05) is 25.2 Å². The number of nitrogens with zero attached hydrogens (tertiary/aromatic N) is 3. The maximum atomic E-state index is 14.1. The molecule has 0 aliphatic carbocycles. The van der Waals surface area contributed by atoms with Crippen LogP contribution >= 0.6 is 0 Å². The quantitative estimate of drug-likeness (QED) is 0.917. The van der Waals surface area contributed by atoms with Crippen LogP contribution in [0.25, 0.3) is 11.3 Å². The third-order valence-corrected chi connectivity index (χ3v) is 4.65. The number of H-pyrrole nitrogens is 1. The van der Waals surface area contributed by atoms with Gasteiger partial charge in [0.2, 0.25) is 0 Å². The third-order valence-electron chi connectivity index (χ3n) is 4.65. The summed E-state index contributed by atoms with van der Waals surface area (Å²) in [5, 5.41) is 6.75. The summed E-state index contributed by atoms with van der Waals surface area (Å²) in [5.41, 5.74) is 1.24. The molecule has 0 bridgehead atoms. The summed E-state index contributed by atoms with van der Waals surface area (Å²) in [5.74, 6) is 0.0260. The van der Waals surface area contributed by atoms with Crippen molar-refractivity contribution in [2.45, 2.75) is 13.3 Å². The minimum absolute atomic E-state index is 0.0981. The van der Waals surface area contributed by atoms with Gasteiger partial charge in [-0.1, -0.05) is 12.1 Å². The molecule has 0 saturated carbocycles. The first-order valence-electron chi connectivity index (χ1n) is 8.36. The van der Waals surface area contributed by atoms with Crippen molar-refractivity contribution in [3.05, 3.63) is 41.8 Å². The number of amides is 1. The van der Waals surface area contributed by atoms with Crippen molar-refractivity contribution in [3.8, 4) is 11.3 Å². The summed E-state index contributed by atoms with van der Waals surface area (Å²) >= 11 is 0. The summed E-state index contributed by atoms with van der Waals surface area (Å²) in [6.07, 6.45) is 2.60. The fraction of sp³-hybridized carbons (Fsp3) is 0.444. The number of hydrogen-bond acceptors (Lipinski definition) is 3. The molecular weight excluding hydrogens is 307 g/mol. The van der Waals surface area contributed by atoms with E-state index < -0.39 is 0 Å². The van der Waals surface area contributed by atoms with E-state index in [9.17, 15) is 9.18 Å². The number of aromatic nitrogens is 2. The molecule has 0 unspecified atom stereocenters. The number of hydrogen-bond donors (Lipinski definition) is 1. The number of benzene rings is 1. The van der Waals surface area contributed by atoms with Crippen LogP contribution in [0.3, 0.4) is 0 Å². The van der Waals surface area contributed by atoms with Crippen LogP contribution in [0.5, 0.6) is 0 Å². The van der Waals surface area contributed by atoms with Crippen LogP contribution in [0.1, 0.15) is 23.7 Å². The Bertz CT molecular complexity index is 715. The van der Waals surface area contributed by atoms with Crippen LogP contribution in [0.15, 0.2) is 30.5 Å². The summed E-state index contributed by atoms with van der Waals surface area (Å²) in [7, 11) is 2.10. The van der Waals surface area contributed by atoms with E-state index in [-0.39, 0.29) is 11.7 Å². The predicted octanol–water partition coefficient (Wildman–Crippen LogP) is 2.63. The second-order valence-electron chi connectivity index (χ2n) is 6.40. The number of likely N-dealkylation sites (tertiary alicyclic amines) is 1. The van der Waals surface area contributed by atoms with Gasteiger partial charge in [-0.25, -0.2) is 4.39 Å². The fourth-order valence-corrected chi connectivity index (χ4v) is 3.33. The molecule has 2 aromatic rings. The Balaban J connectivity index is 1.82. The highest BCUT2D eigenvalue weighted by Crippen LogP contribution is 2.25. The molecule has 128 valence electrons. The normalized spacial score (nSPS) is 18.0. The zero-order valence-corrected chi connectivity index (χ0v) is 14.1. The van der Waals surface area contributed by atoms with Gasteiger partial charge in [-0.2, -0.15) is 5.10 Å². The SMILES string of the molecule is CCN(C[C@@H]1CCN(C)C1)C(=O)c1cn[nH]c1-c1ccccc1F. The molecule has 24 heavy (non-hydrogen) atoms. The molecular formula is C18H23FN4O. The lowest BCUT2D eigenvalue weighted by atomic mass is 10.0. The average molecular weight is 330 g/mol. The molecule has 1 fully saturated rings. The Hall–Kier alpha value is -2.21. The Kier molecular flexibility index (Phi) is 4.94. The Morgan fingerprint density at radius 2 is 2.25 bits per heavy atom. The van der Waals surface area contributed by atoms with E-state index >= 15 is 0 Å². The van der Waals surface area contributed by atoms with Crippen molar-refractivity contribution in [1.29, 1.82) is 0 Å². The molecule has 3 rings (SSSR count). The van der Waals surface area contributed by atoms with Crippen LogP contribution in [0.2, 0.25) is 0 Å². The Labute approximate surface area is 141 Å². The van der Waals surface area contributed by atoms with E-state index in [2.05, 4.69) is 22.1 Å². The van der Waals surface area contributed by atoms with E-state index in [1.807, 2.05) is 11.8 Å². The van der Waals surface area contributed by atoms with Crippen LogP contribution in [-0.4, -0.2) is 59.1 Å². The molecule has 1 aromatic carbocycles. The molecule has 1 aliphatic rings. The van der Waals surface area contributed by atoms with Crippen LogP contribution in [0, 0.1) is 11.7 Å². The van der Waals surface area contributed by atoms with Crippen LogP contribution in [0.4, 0.5) is 4.39 Å². The fourth-order valence-electron chi connectivity index (χ4n) is 3.33. The zero-order chi connectivity index (χ0) is 17.1. The molecule has 1 N–H and O–H groups in total. The molecule has 1 aliphatic heterocycles. The highest BCUT2D eigenvalue weighted by molar-refractivity contribution is 5.99. The van der Waals surface area contributed by atoms with Gasteiger partial charge in [0.15, 0.2) is 0 Å². The van der Waals surface area contributed by atoms with Gasteiger partial charge in [0.25, 0.3) is 5.91 Å². The first kappa shape index (κ1) is 16.6. The summed E-state index contributed by atoms with van der Waals surface area (Å²) in [6.45, 7) is 5.40. The highest BCUT2D eigenvalue weighted by Gasteiger charge is 2.26. The van der Waals surface area contributed by atoms with Gasteiger partial charge in [-0.3, -0.25) is 9.89 Å². The number of carbonyl (C=O) groups is 1. The van der Waals surface area contributed by atoms with Gasteiger partial charge in [-0.15, -0.1) is 0 Å². The Morgan fingerprint density at radius 1 is 1.46 bits per heavy atom. The Morgan fingerprint density at radius 3 is 2.92 bits per heavy atom. The minimum atomic E-state index is -0.365. The number of nitrogens with one attached hydrogen (secondary N) is 1. The lowest BCUT2D eigenvalue weighted by Gasteiger charge is -2.24. The molecule has 6 heteroatoms. The number of aromatic amines is 1. The van der Waals surface area contributed by atoms with Gasteiger partial charge < -0.3 is 9.80 Å². The second-order valence-corrected chi connectivity index (χ2v) is 6.40. The topological polar surface area (TPSA) is 52.2 Å². The van der Waals surface area contributed by atoms with Crippen molar-refractivity contribution < 1.29 is 9.18 Å². The van der Waals surface area contributed by atoms with Crippen molar-refractivity contribution in [1.82, 2.24) is 20.0 Å². The van der Waals surface area contributed by atoms with E-state index in [1.54, 1.807) is 18.2 Å². The lowest BCUT2D eigenvalue weighted by molar-refractivity contribution is 0.0740. The number of halogens is 1. The highest BCUT2D eigenvalue weighted by atomic mass is 19.1.